The smallest absolute Gasteiger partial charge is 0.0420 e. The van der Waals surface area contributed by atoms with Crippen LogP contribution in [-0.4, -0.2) is 10.4 Å². The summed E-state index contributed by atoms with van der Waals surface area (Å²) in [7, 11) is 0. The summed E-state index contributed by atoms with van der Waals surface area (Å²) >= 11 is 6.22. The van der Waals surface area contributed by atoms with Crippen LogP contribution in [0.2, 0.25) is 0 Å². The summed E-state index contributed by atoms with van der Waals surface area (Å²) < 4.78 is 0. The number of aryl methyl sites for hydroxylation is 1. The molecule has 0 fully saturated rings. The third-order valence-electron chi connectivity index (χ3n) is 2.13. The Morgan fingerprint density at radius 1 is 1.43 bits per heavy atom. The summed E-state index contributed by atoms with van der Waals surface area (Å²) in [6, 6.07) is 4.12. The molecule has 0 aliphatic carbocycles. The second kappa shape index (κ2) is 5.35. The molecule has 1 atom stereocenters. The first-order valence-electron chi connectivity index (χ1n) is 5.13. The van der Waals surface area contributed by atoms with Gasteiger partial charge in [0, 0.05) is 23.7 Å². The second-order valence-electron chi connectivity index (χ2n) is 4.26. The average molecular weight is 212 g/mol. The second-order valence-corrected chi connectivity index (χ2v) is 4.87. The molecule has 14 heavy (non-hydrogen) atoms. The Labute approximate surface area is 91.5 Å². The monoisotopic (exact) mass is 211 g/mol. The van der Waals surface area contributed by atoms with Crippen LogP contribution in [0.3, 0.4) is 0 Å². The Bertz CT molecular complexity index is 283. The molecular weight excluding hydrogens is 194 g/mol. The molecule has 2 heteroatoms. The van der Waals surface area contributed by atoms with Crippen LogP contribution in [0.5, 0.6) is 0 Å². The third-order valence-corrected chi connectivity index (χ3v) is 2.46. The Kier molecular flexibility index (Phi) is 4.40. The molecule has 1 heterocycles. The summed E-state index contributed by atoms with van der Waals surface area (Å²) in [6.45, 7) is 6.47. The van der Waals surface area contributed by atoms with E-state index in [4.69, 9.17) is 11.6 Å². The minimum Gasteiger partial charge on any atom is -0.261 e. The van der Waals surface area contributed by atoms with Gasteiger partial charge in [-0.1, -0.05) is 13.8 Å². The quantitative estimate of drug-likeness (QED) is 0.694. The highest BCUT2D eigenvalue weighted by molar-refractivity contribution is 6.20. The molecule has 78 valence electrons. The molecule has 1 rings (SSSR count). The predicted molar refractivity (Wildman–Crippen MR) is 61.8 cm³/mol. The molecular formula is C12H18ClN. The van der Waals surface area contributed by atoms with E-state index in [9.17, 15) is 0 Å². The standard InChI is InChI=1S/C12H18ClN/c1-9(2)6-11(13)8-12-7-10(3)4-5-14-12/h4-5,7,9,11H,6,8H2,1-3H3. The van der Waals surface area contributed by atoms with Crippen molar-refractivity contribution in [3.63, 3.8) is 0 Å². The lowest BCUT2D eigenvalue weighted by Gasteiger charge is -2.11. The van der Waals surface area contributed by atoms with Gasteiger partial charge in [-0.25, -0.2) is 0 Å². The number of pyridine rings is 1. The molecule has 0 saturated carbocycles. The molecule has 0 aliphatic heterocycles. The SMILES string of the molecule is Cc1ccnc(CC(Cl)CC(C)C)c1. The maximum atomic E-state index is 6.22. The fourth-order valence-corrected chi connectivity index (χ4v) is 2.05. The first-order chi connectivity index (χ1) is 6.58. The van der Waals surface area contributed by atoms with Gasteiger partial charge in [0.05, 0.1) is 0 Å². The summed E-state index contributed by atoms with van der Waals surface area (Å²) in [5, 5.41) is 0.212. The summed E-state index contributed by atoms with van der Waals surface area (Å²) in [4.78, 5) is 4.30. The van der Waals surface area contributed by atoms with Gasteiger partial charge in [-0.15, -0.1) is 11.6 Å². The minimum atomic E-state index is 0.212. The van der Waals surface area contributed by atoms with Crippen LogP contribution in [0.4, 0.5) is 0 Å². The molecule has 0 spiro atoms. The number of hydrogen-bond donors (Lipinski definition) is 0. The summed E-state index contributed by atoms with van der Waals surface area (Å²) in [5.74, 6) is 0.655. The van der Waals surface area contributed by atoms with Crippen molar-refractivity contribution in [2.24, 2.45) is 5.92 Å². The van der Waals surface area contributed by atoms with Gasteiger partial charge in [0.15, 0.2) is 0 Å². The predicted octanol–water partition coefficient (Wildman–Crippen LogP) is 3.59. The van der Waals surface area contributed by atoms with Gasteiger partial charge in [-0.2, -0.15) is 0 Å². The van der Waals surface area contributed by atoms with Crippen LogP contribution < -0.4 is 0 Å². The zero-order valence-corrected chi connectivity index (χ0v) is 9.88. The third kappa shape index (κ3) is 4.10. The van der Waals surface area contributed by atoms with E-state index >= 15 is 0 Å². The normalized spacial score (nSPS) is 13.2. The highest BCUT2D eigenvalue weighted by Crippen LogP contribution is 2.15. The highest BCUT2D eigenvalue weighted by Gasteiger charge is 2.08. The van der Waals surface area contributed by atoms with Gasteiger partial charge in [-0.05, 0) is 37.0 Å². The molecule has 0 saturated heterocycles. The van der Waals surface area contributed by atoms with E-state index in [1.165, 1.54) is 5.56 Å². The van der Waals surface area contributed by atoms with Crippen molar-refractivity contribution in [3.05, 3.63) is 29.6 Å². The number of hydrogen-bond acceptors (Lipinski definition) is 1. The van der Waals surface area contributed by atoms with Gasteiger partial charge in [0.1, 0.15) is 0 Å². The number of rotatable bonds is 4. The van der Waals surface area contributed by atoms with Gasteiger partial charge in [0.2, 0.25) is 0 Å². The zero-order chi connectivity index (χ0) is 10.6. The van der Waals surface area contributed by atoms with Gasteiger partial charge < -0.3 is 0 Å². The van der Waals surface area contributed by atoms with Crippen LogP contribution in [-0.2, 0) is 6.42 Å². The molecule has 0 bridgehead atoms. The number of halogens is 1. The van der Waals surface area contributed by atoms with Crippen LogP contribution in [0.15, 0.2) is 18.3 Å². The Morgan fingerprint density at radius 3 is 2.71 bits per heavy atom. The fraction of sp³-hybridized carbons (Fsp3) is 0.583. The largest absolute Gasteiger partial charge is 0.261 e. The van der Waals surface area contributed by atoms with E-state index in [1.807, 2.05) is 12.3 Å². The Morgan fingerprint density at radius 2 is 2.14 bits per heavy atom. The molecule has 1 aromatic rings. The van der Waals surface area contributed by atoms with Crippen molar-refractivity contribution in [3.8, 4) is 0 Å². The van der Waals surface area contributed by atoms with Crippen molar-refractivity contribution >= 4 is 11.6 Å². The van der Waals surface area contributed by atoms with E-state index in [0.29, 0.717) is 5.92 Å². The zero-order valence-electron chi connectivity index (χ0n) is 9.13. The van der Waals surface area contributed by atoms with Gasteiger partial charge >= 0.3 is 0 Å². The number of aromatic nitrogens is 1. The van der Waals surface area contributed by atoms with Crippen molar-refractivity contribution in [2.75, 3.05) is 0 Å². The van der Waals surface area contributed by atoms with Crippen molar-refractivity contribution < 1.29 is 0 Å². The molecule has 1 nitrogen and oxygen atoms in total. The topological polar surface area (TPSA) is 12.9 Å². The average Bonchev–Trinajstić information content (AvgIpc) is 2.01. The molecule has 0 aromatic carbocycles. The van der Waals surface area contributed by atoms with E-state index < -0.39 is 0 Å². The van der Waals surface area contributed by atoms with Gasteiger partial charge in [-0.3, -0.25) is 4.98 Å². The summed E-state index contributed by atoms with van der Waals surface area (Å²) in [6.07, 6.45) is 3.78. The van der Waals surface area contributed by atoms with Gasteiger partial charge in [0.25, 0.3) is 0 Å². The van der Waals surface area contributed by atoms with Crippen LogP contribution in [0.25, 0.3) is 0 Å². The van der Waals surface area contributed by atoms with E-state index in [-0.39, 0.29) is 5.38 Å². The van der Waals surface area contributed by atoms with E-state index in [2.05, 4.69) is 31.8 Å². The van der Waals surface area contributed by atoms with Crippen molar-refractivity contribution in [2.45, 2.75) is 39.0 Å². The fourth-order valence-electron chi connectivity index (χ4n) is 1.53. The van der Waals surface area contributed by atoms with Crippen LogP contribution in [0, 0.1) is 12.8 Å². The Balaban J connectivity index is 2.51. The maximum absolute atomic E-state index is 6.22. The van der Waals surface area contributed by atoms with Crippen molar-refractivity contribution in [1.29, 1.82) is 0 Å². The molecule has 1 aromatic heterocycles. The van der Waals surface area contributed by atoms with E-state index in [0.717, 1.165) is 18.5 Å². The number of alkyl halides is 1. The first kappa shape index (κ1) is 11.5. The molecule has 0 amide bonds. The lowest BCUT2D eigenvalue weighted by Crippen LogP contribution is -2.08. The molecule has 0 N–H and O–H groups in total. The van der Waals surface area contributed by atoms with E-state index in [1.54, 1.807) is 0 Å². The minimum absolute atomic E-state index is 0.212. The lowest BCUT2D eigenvalue weighted by molar-refractivity contribution is 0.559. The van der Waals surface area contributed by atoms with Crippen LogP contribution in [0.1, 0.15) is 31.5 Å². The molecule has 1 unspecified atom stereocenters. The molecule has 0 aliphatic rings. The highest BCUT2D eigenvalue weighted by atomic mass is 35.5. The first-order valence-corrected chi connectivity index (χ1v) is 5.57. The lowest BCUT2D eigenvalue weighted by atomic mass is 10.0. The Hall–Kier alpha value is -0.560. The maximum Gasteiger partial charge on any atom is 0.0420 e. The van der Waals surface area contributed by atoms with Crippen LogP contribution >= 0.6 is 11.6 Å². The summed E-state index contributed by atoms with van der Waals surface area (Å²) in [5.41, 5.74) is 2.36. The van der Waals surface area contributed by atoms with Crippen molar-refractivity contribution in [1.82, 2.24) is 4.98 Å². The number of nitrogens with zero attached hydrogens (tertiary/aromatic N) is 1. The molecule has 0 radical (unpaired) electrons.